The summed E-state index contributed by atoms with van der Waals surface area (Å²) in [4.78, 5) is 9.18. The zero-order valence-electron chi connectivity index (χ0n) is 13.9. The Morgan fingerprint density at radius 3 is 2.73 bits per heavy atom. The molecule has 1 aromatic heterocycles. The lowest BCUT2D eigenvalue weighted by Crippen LogP contribution is -2.46. The Morgan fingerprint density at radius 1 is 1.41 bits per heavy atom. The third-order valence-electron chi connectivity index (χ3n) is 4.00. The number of hydrogen-bond donors (Lipinski definition) is 3. The average Bonchev–Trinajstić information content (AvgIpc) is 3.11. The topological polar surface area (TPSA) is 69.5 Å². The van der Waals surface area contributed by atoms with Crippen LogP contribution in [0.3, 0.4) is 0 Å². The fraction of sp³-hybridized carbons (Fsp3) is 0.750. The van der Waals surface area contributed by atoms with E-state index >= 15 is 0 Å². The number of nitrogens with zero attached hydrogens (tertiary/aromatic N) is 2. The number of aromatic nitrogens is 1. The summed E-state index contributed by atoms with van der Waals surface area (Å²) in [7, 11) is 0. The molecule has 0 unspecified atom stereocenters. The highest BCUT2D eigenvalue weighted by Crippen LogP contribution is 2.28. The molecule has 0 atom stereocenters. The lowest BCUT2D eigenvalue weighted by atomic mass is 10.0. The number of aliphatic imine (C=N–C) groups is 1. The number of thiazole rings is 1. The van der Waals surface area contributed by atoms with Gasteiger partial charge in [-0.3, -0.25) is 0 Å². The summed E-state index contributed by atoms with van der Waals surface area (Å²) in [5, 5.41) is 20.0. The van der Waals surface area contributed by atoms with E-state index < -0.39 is 5.60 Å². The van der Waals surface area contributed by atoms with Gasteiger partial charge in [0.1, 0.15) is 5.01 Å². The van der Waals surface area contributed by atoms with Crippen LogP contribution in [0.4, 0.5) is 0 Å². The van der Waals surface area contributed by atoms with Crippen molar-refractivity contribution in [2.24, 2.45) is 4.99 Å². The standard InChI is InChI=1S/C16H28N4OS/c1-4-17-15(19-11-16(21)7-5-6-8-16)18-9-14-20-13(10-22-14)12(2)3/h10,12,21H,4-9,11H2,1-3H3,(H2,17,18,19). The quantitative estimate of drug-likeness (QED) is 0.556. The third-order valence-corrected chi connectivity index (χ3v) is 4.85. The fourth-order valence-corrected chi connectivity index (χ4v) is 3.49. The predicted molar refractivity (Wildman–Crippen MR) is 92.4 cm³/mol. The van der Waals surface area contributed by atoms with E-state index in [1.165, 1.54) is 0 Å². The maximum Gasteiger partial charge on any atom is 0.191 e. The molecule has 2 rings (SSSR count). The SMILES string of the molecule is CCNC(=NCc1nc(C(C)C)cs1)NCC1(O)CCCC1. The van der Waals surface area contributed by atoms with Crippen LogP contribution < -0.4 is 10.6 Å². The molecular weight excluding hydrogens is 296 g/mol. The first-order chi connectivity index (χ1) is 10.5. The van der Waals surface area contributed by atoms with Crippen LogP contribution >= 0.6 is 11.3 Å². The molecule has 1 aliphatic rings. The molecule has 5 nitrogen and oxygen atoms in total. The van der Waals surface area contributed by atoms with Gasteiger partial charge in [0, 0.05) is 18.5 Å². The summed E-state index contributed by atoms with van der Waals surface area (Å²) in [5.74, 6) is 1.21. The van der Waals surface area contributed by atoms with Crippen molar-refractivity contribution >= 4 is 17.3 Å². The molecule has 1 fully saturated rings. The zero-order chi connectivity index (χ0) is 16.0. The molecule has 0 spiro atoms. The van der Waals surface area contributed by atoms with Crippen molar-refractivity contribution in [3.8, 4) is 0 Å². The Kier molecular flexibility index (Phi) is 6.20. The van der Waals surface area contributed by atoms with E-state index in [4.69, 9.17) is 0 Å². The average molecular weight is 324 g/mol. The molecule has 1 aliphatic carbocycles. The second-order valence-electron chi connectivity index (χ2n) is 6.30. The van der Waals surface area contributed by atoms with Crippen molar-refractivity contribution in [1.29, 1.82) is 0 Å². The zero-order valence-corrected chi connectivity index (χ0v) is 14.7. The predicted octanol–water partition coefficient (Wildman–Crippen LogP) is 2.63. The van der Waals surface area contributed by atoms with Crippen molar-refractivity contribution in [3.63, 3.8) is 0 Å². The van der Waals surface area contributed by atoms with Gasteiger partial charge >= 0.3 is 0 Å². The first-order valence-electron chi connectivity index (χ1n) is 8.21. The van der Waals surface area contributed by atoms with Crippen molar-refractivity contribution in [3.05, 3.63) is 16.1 Å². The van der Waals surface area contributed by atoms with Gasteiger partial charge in [-0.2, -0.15) is 0 Å². The van der Waals surface area contributed by atoms with Gasteiger partial charge in [-0.15, -0.1) is 11.3 Å². The van der Waals surface area contributed by atoms with Crippen LogP contribution in [0.2, 0.25) is 0 Å². The van der Waals surface area contributed by atoms with Gasteiger partial charge in [0.15, 0.2) is 5.96 Å². The first kappa shape index (κ1) is 17.2. The smallest absolute Gasteiger partial charge is 0.191 e. The molecule has 0 radical (unpaired) electrons. The van der Waals surface area contributed by atoms with Gasteiger partial charge in [0.25, 0.3) is 0 Å². The molecule has 124 valence electrons. The number of rotatable bonds is 6. The van der Waals surface area contributed by atoms with Crippen LogP contribution in [0.5, 0.6) is 0 Å². The molecule has 1 aromatic rings. The number of aliphatic hydroxyl groups is 1. The van der Waals surface area contributed by atoms with Crippen molar-refractivity contribution < 1.29 is 5.11 Å². The van der Waals surface area contributed by atoms with Gasteiger partial charge in [-0.1, -0.05) is 26.7 Å². The van der Waals surface area contributed by atoms with Gasteiger partial charge in [-0.25, -0.2) is 9.98 Å². The van der Waals surface area contributed by atoms with Crippen molar-refractivity contribution in [1.82, 2.24) is 15.6 Å². The minimum absolute atomic E-state index is 0.456. The van der Waals surface area contributed by atoms with Crippen LogP contribution in [0, 0.1) is 0 Å². The van der Waals surface area contributed by atoms with Gasteiger partial charge in [-0.05, 0) is 25.7 Å². The first-order valence-corrected chi connectivity index (χ1v) is 9.09. The minimum Gasteiger partial charge on any atom is -0.388 e. The van der Waals surface area contributed by atoms with Gasteiger partial charge in [0.2, 0.25) is 0 Å². The second-order valence-corrected chi connectivity index (χ2v) is 7.24. The second kappa shape index (κ2) is 7.92. The molecule has 0 aliphatic heterocycles. The highest BCUT2D eigenvalue weighted by Gasteiger charge is 2.30. The molecule has 1 saturated carbocycles. The van der Waals surface area contributed by atoms with Crippen molar-refractivity contribution in [2.75, 3.05) is 13.1 Å². The molecule has 3 N–H and O–H groups in total. The monoisotopic (exact) mass is 324 g/mol. The van der Waals surface area contributed by atoms with Gasteiger partial charge < -0.3 is 15.7 Å². The Morgan fingerprint density at radius 2 is 2.14 bits per heavy atom. The number of nitrogens with one attached hydrogen (secondary N) is 2. The molecule has 0 saturated heterocycles. The Labute approximate surface area is 137 Å². The van der Waals surface area contributed by atoms with E-state index in [0.717, 1.165) is 48.9 Å². The maximum absolute atomic E-state index is 10.4. The molecule has 0 amide bonds. The highest BCUT2D eigenvalue weighted by atomic mass is 32.1. The summed E-state index contributed by atoms with van der Waals surface area (Å²) < 4.78 is 0. The van der Waals surface area contributed by atoms with Crippen LogP contribution in [-0.4, -0.2) is 34.7 Å². The highest BCUT2D eigenvalue weighted by molar-refractivity contribution is 7.09. The molecule has 6 heteroatoms. The summed E-state index contributed by atoms with van der Waals surface area (Å²) in [5.41, 5.74) is 0.566. The third kappa shape index (κ3) is 4.95. The van der Waals surface area contributed by atoms with E-state index in [1.54, 1.807) is 11.3 Å². The van der Waals surface area contributed by atoms with Crippen LogP contribution in [0.25, 0.3) is 0 Å². The van der Waals surface area contributed by atoms with E-state index in [2.05, 4.69) is 39.8 Å². The Hall–Kier alpha value is -1.14. The largest absolute Gasteiger partial charge is 0.388 e. The lowest BCUT2D eigenvalue weighted by molar-refractivity contribution is 0.0522. The maximum atomic E-state index is 10.4. The number of hydrogen-bond acceptors (Lipinski definition) is 4. The molecule has 1 heterocycles. The van der Waals surface area contributed by atoms with E-state index in [9.17, 15) is 5.11 Å². The normalized spacial score (nSPS) is 18.0. The summed E-state index contributed by atoms with van der Waals surface area (Å²) >= 11 is 1.66. The summed E-state index contributed by atoms with van der Waals surface area (Å²) in [6, 6.07) is 0. The summed E-state index contributed by atoms with van der Waals surface area (Å²) in [6.45, 7) is 8.28. The molecule has 22 heavy (non-hydrogen) atoms. The van der Waals surface area contributed by atoms with Gasteiger partial charge in [0.05, 0.1) is 17.8 Å². The van der Waals surface area contributed by atoms with E-state index in [1.807, 2.05) is 6.92 Å². The Bertz CT molecular complexity index is 492. The van der Waals surface area contributed by atoms with Crippen LogP contribution in [0.15, 0.2) is 10.4 Å². The summed E-state index contributed by atoms with van der Waals surface area (Å²) in [6.07, 6.45) is 3.99. The Balaban J connectivity index is 1.91. The molecule has 0 bridgehead atoms. The van der Waals surface area contributed by atoms with Crippen LogP contribution in [-0.2, 0) is 6.54 Å². The number of guanidine groups is 1. The fourth-order valence-electron chi connectivity index (χ4n) is 2.61. The molecular formula is C16H28N4OS. The minimum atomic E-state index is -0.567. The van der Waals surface area contributed by atoms with E-state index in [0.29, 0.717) is 19.0 Å². The molecule has 0 aromatic carbocycles. The van der Waals surface area contributed by atoms with Crippen LogP contribution in [0.1, 0.15) is 63.1 Å². The lowest BCUT2D eigenvalue weighted by Gasteiger charge is -2.23. The van der Waals surface area contributed by atoms with E-state index in [-0.39, 0.29) is 0 Å². The van der Waals surface area contributed by atoms with Crippen molar-refractivity contribution in [2.45, 2.75) is 64.5 Å².